The predicted octanol–water partition coefficient (Wildman–Crippen LogP) is 6.77. The Bertz CT molecular complexity index is 854. The monoisotopic (exact) mass is 370 g/mol. The van der Waals surface area contributed by atoms with Crippen LogP contribution in [-0.2, 0) is 0 Å². The summed E-state index contributed by atoms with van der Waals surface area (Å²) in [6.07, 6.45) is 2.33. The summed E-state index contributed by atoms with van der Waals surface area (Å²) < 4.78 is 5.84. The number of fused-ring (bicyclic) bond motifs is 1. The second-order valence-corrected chi connectivity index (χ2v) is 14.5. The van der Waals surface area contributed by atoms with E-state index in [0.717, 1.165) is 5.75 Å². The number of halogens is 1. The molecule has 0 aliphatic heterocycles. The largest absolute Gasteiger partial charge is 0.496 e. The van der Waals surface area contributed by atoms with Crippen molar-refractivity contribution in [3.8, 4) is 16.9 Å². The van der Waals surface area contributed by atoms with Crippen LogP contribution >= 0.6 is 11.1 Å². The smallest absolute Gasteiger partial charge is 0.161 e. The van der Waals surface area contributed by atoms with Crippen molar-refractivity contribution < 1.29 is 4.74 Å². The third-order valence-electron chi connectivity index (χ3n) is 5.08. The summed E-state index contributed by atoms with van der Waals surface area (Å²) in [6.45, 7) is 13.1. The van der Waals surface area contributed by atoms with Crippen LogP contribution in [0.1, 0.15) is 40.3 Å². The van der Waals surface area contributed by atoms with Crippen molar-refractivity contribution in [2.24, 2.45) is 0 Å². The number of aryl methyl sites for hydroxylation is 3. The average molecular weight is 371 g/mol. The topological polar surface area (TPSA) is 9.23 Å². The van der Waals surface area contributed by atoms with Crippen LogP contribution < -0.4 is 4.74 Å². The highest BCUT2D eigenvalue weighted by Gasteiger charge is 2.38. The summed E-state index contributed by atoms with van der Waals surface area (Å²) in [5.74, 6) is 0.975. The van der Waals surface area contributed by atoms with Gasteiger partial charge in [0.15, 0.2) is 7.38 Å². The Hall–Kier alpha value is -1.51. The molecule has 2 aromatic rings. The molecule has 3 heteroatoms. The number of allylic oxidation sites excluding steroid dienone is 1. The van der Waals surface area contributed by atoms with Crippen molar-refractivity contribution in [2.75, 3.05) is 7.11 Å². The lowest BCUT2D eigenvalue weighted by Crippen LogP contribution is -2.28. The van der Waals surface area contributed by atoms with Crippen LogP contribution in [0.25, 0.3) is 17.2 Å². The van der Waals surface area contributed by atoms with Crippen molar-refractivity contribution in [3.05, 3.63) is 57.7 Å². The van der Waals surface area contributed by atoms with Gasteiger partial charge in [0.1, 0.15) is 5.75 Å². The zero-order chi connectivity index (χ0) is 18.5. The number of hydrogen-bond acceptors (Lipinski definition) is 1. The van der Waals surface area contributed by atoms with Gasteiger partial charge in [0, 0.05) is 11.1 Å². The van der Waals surface area contributed by atoms with Crippen LogP contribution in [0.5, 0.6) is 5.75 Å². The lowest BCUT2D eigenvalue weighted by molar-refractivity contribution is 0.413. The Morgan fingerprint density at radius 2 is 1.56 bits per heavy atom. The second kappa shape index (κ2) is 6.33. The van der Waals surface area contributed by atoms with Crippen molar-refractivity contribution in [1.29, 1.82) is 0 Å². The van der Waals surface area contributed by atoms with Crippen LogP contribution in [0.4, 0.5) is 0 Å². The first-order chi connectivity index (χ1) is 11.6. The number of rotatable bonds is 3. The number of ether oxygens (including phenoxy) is 1. The highest BCUT2D eigenvalue weighted by Crippen LogP contribution is 2.50. The fourth-order valence-electron chi connectivity index (χ4n) is 4.37. The van der Waals surface area contributed by atoms with Gasteiger partial charge in [-0.25, -0.2) is 0 Å². The van der Waals surface area contributed by atoms with Gasteiger partial charge in [-0.1, -0.05) is 60.1 Å². The molecule has 1 atom stereocenters. The molecule has 0 bridgehead atoms. The molecule has 1 unspecified atom stereocenters. The van der Waals surface area contributed by atoms with Gasteiger partial charge in [-0.05, 0) is 49.9 Å². The molecule has 0 spiro atoms. The first-order valence-corrected chi connectivity index (χ1v) is 12.9. The second-order valence-electron chi connectivity index (χ2n) is 7.87. The highest BCUT2D eigenvalue weighted by molar-refractivity contribution is 7.20. The maximum atomic E-state index is 6.90. The van der Waals surface area contributed by atoms with Gasteiger partial charge in [0.05, 0.1) is 7.11 Å². The van der Waals surface area contributed by atoms with Crippen LogP contribution in [0, 0.1) is 20.8 Å². The SMILES string of the molecule is COc1c(C)cc2c(c1-c1cc(C)cc(C)c1)C=C(C)C2[Si](C)(C)Cl. The quantitative estimate of drug-likeness (QED) is 0.427. The molecule has 1 aliphatic rings. The van der Waals surface area contributed by atoms with Crippen molar-refractivity contribution in [2.45, 2.75) is 46.3 Å². The molecule has 0 fully saturated rings. The molecular weight excluding hydrogens is 344 g/mol. The van der Waals surface area contributed by atoms with Crippen LogP contribution in [-0.4, -0.2) is 14.5 Å². The summed E-state index contributed by atoms with van der Waals surface area (Å²) >= 11 is 6.90. The lowest BCUT2D eigenvalue weighted by Gasteiger charge is -2.26. The normalized spacial score (nSPS) is 16.6. The zero-order valence-electron chi connectivity index (χ0n) is 16.3. The van der Waals surface area contributed by atoms with E-state index in [2.05, 4.69) is 71.1 Å². The number of methoxy groups -OCH3 is 1. The molecule has 1 aliphatic carbocycles. The third-order valence-corrected chi connectivity index (χ3v) is 7.87. The minimum absolute atomic E-state index is 0.360. The van der Waals surface area contributed by atoms with Crippen molar-refractivity contribution >= 4 is 24.5 Å². The first-order valence-electron chi connectivity index (χ1n) is 8.80. The maximum absolute atomic E-state index is 6.90. The molecule has 2 aromatic carbocycles. The van der Waals surface area contributed by atoms with Gasteiger partial charge in [-0.15, -0.1) is 0 Å². The lowest BCUT2D eigenvalue weighted by atomic mass is 9.91. The standard InChI is InChI=1S/C22H27ClOSi/c1-13-8-14(2)10-17(9-13)20-18-12-16(4)22(25(6,7)23)19(18)11-15(3)21(20)24-5/h8-12,22H,1-7H3. The Morgan fingerprint density at radius 3 is 2.08 bits per heavy atom. The maximum Gasteiger partial charge on any atom is 0.161 e. The molecule has 132 valence electrons. The van der Waals surface area contributed by atoms with Crippen LogP contribution in [0.2, 0.25) is 13.1 Å². The van der Waals surface area contributed by atoms with E-state index < -0.39 is 7.38 Å². The van der Waals surface area contributed by atoms with Gasteiger partial charge in [-0.3, -0.25) is 0 Å². The zero-order valence-corrected chi connectivity index (χ0v) is 18.0. The summed E-state index contributed by atoms with van der Waals surface area (Å²) in [5, 5.41) is 0. The van der Waals surface area contributed by atoms with E-state index in [4.69, 9.17) is 15.8 Å². The van der Waals surface area contributed by atoms with Gasteiger partial charge < -0.3 is 4.74 Å². The first kappa shape index (κ1) is 18.3. The molecule has 0 radical (unpaired) electrons. The Balaban J connectivity index is 2.36. The fourth-order valence-corrected chi connectivity index (χ4v) is 7.38. The van der Waals surface area contributed by atoms with E-state index in [-0.39, 0.29) is 0 Å². The van der Waals surface area contributed by atoms with E-state index >= 15 is 0 Å². The van der Waals surface area contributed by atoms with Gasteiger partial charge in [-0.2, -0.15) is 11.1 Å². The van der Waals surface area contributed by atoms with Crippen molar-refractivity contribution in [1.82, 2.24) is 0 Å². The number of benzene rings is 2. The Morgan fingerprint density at radius 1 is 0.960 bits per heavy atom. The number of hydrogen-bond donors (Lipinski definition) is 0. The van der Waals surface area contributed by atoms with Crippen molar-refractivity contribution in [3.63, 3.8) is 0 Å². The van der Waals surface area contributed by atoms with Crippen LogP contribution in [0.3, 0.4) is 0 Å². The third kappa shape index (κ3) is 3.18. The van der Waals surface area contributed by atoms with E-state index in [0.29, 0.717) is 5.54 Å². The molecule has 1 nitrogen and oxygen atoms in total. The Kier molecular flexibility index (Phi) is 4.63. The van der Waals surface area contributed by atoms with Gasteiger partial charge in [0.25, 0.3) is 0 Å². The summed E-state index contributed by atoms with van der Waals surface area (Å²) in [5.41, 5.74) is 10.6. The van der Waals surface area contributed by atoms with Crippen LogP contribution in [0.15, 0.2) is 29.8 Å². The molecule has 0 heterocycles. The molecule has 0 saturated heterocycles. The minimum Gasteiger partial charge on any atom is -0.496 e. The van der Waals surface area contributed by atoms with E-state index in [1.54, 1.807) is 7.11 Å². The average Bonchev–Trinajstić information content (AvgIpc) is 2.79. The minimum atomic E-state index is -1.87. The molecule has 0 aromatic heterocycles. The molecule has 25 heavy (non-hydrogen) atoms. The molecule has 0 amide bonds. The molecule has 0 saturated carbocycles. The van der Waals surface area contributed by atoms with Gasteiger partial charge >= 0.3 is 0 Å². The van der Waals surface area contributed by atoms with Gasteiger partial charge in [0.2, 0.25) is 0 Å². The molecule has 0 N–H and O–H groups in total. The Labute approximate surface area is 157 Å². The predicted molar refractivity (Wildman–Crippen MR) is 112 cm³/mol. The molecule has 3 rings (SSSR count). The summed E-state index contributed by atoms with van der Waals surface area (Å²) in [7, 11) is -0.104. The van der Waals surface area contributed by atoms with E-state index in [1.165, 1.54) is 44.5 Å². The van der Waals surface area contributed by atoms with E-state index in [1.807, 2.05) is 0 Å². The highest BCUT2D eigenvalue weighted by atomic mass is 35.6. The fraction of sp³-hybridized carbons (Fsp3) is 0.364. The van der Waals surface area contributed by atoms with E-state index in [9.17, 15) is 0 Å². The molecular formula is C22H27ClOSi. The summed E-state index contributed by atoms with van der Waals surface area (Å²) in [4.78, 5) is 0. The summed E-state index contributed by atoms with van der Waals surface area (Å²) in [6, 6.07) is 9.01.